The number of methoxy groups -OCH3 is 1. The Morgan fingerprint density at radius 1 is 1.40 bits per heavy atom. The summed E-state index contributed by atoms with van der Waals surface area (Å²) in [6, 6.07) is 0.397. The largest absolute Gasteiger partial charge is 0.384 e. The number of nitrogens with two attached hydrogens (primary N) is 1. The van der Waals surface area contributed by atoms with Gasteiger partial charge in [0.25, 0.3) is 0 Å². The van der Waals surface area contributed by atoms with Gasteiger partial charge in [-0.15, -0.1) is 0 Å². The third-order valence-corrected chi connectivity index (χ3v) is 2.35. The van der Waals surface area contributed by atoms with Gasteiger partial charge in [-0.25, -0.2) is 0 Å². The number of hydrogen-bond donors (Lipinski definition) is 1. The van der Waals surface area contributed by atoms with Gasteiger partial charge in [-0.3, -0.25) is 0 Å². The van der Waals surface area contributed by atoms with E-state index < -0.39 is 0 Å². The van der Waals surface area contributed by atoms with Gasteiger partial charge in [0.2, 0.25) is 0 Å². The molecule has 0 unspecified atom stereocenters. The van der Waals surface area contributed by atoms with Gasteiger partial charge in [0.05, 0.1) is 6.61 Å². The molecule has 0 aliphatic heterocycles. The second-order valence-electron chi connectivity index (χ2n) is 3.16. The van der Waals surface area contributed by atoms with E-state index in [2.05, 4.69) is 0 Å². The van der Waals surface area contributed by atoms with Gasteiger partial charge < -0.3 is 10.5 Å². The van der Waals surface area contributed by atoms with Crippen molar-refractivity contribution in [3.8, 4) is 0 Å². The van der Waals surface area contributed by atoms with Gasteiger partial charge in [0, 0.05) is 13.2 Å². The first-order valence-corrected chi connectivity index (χ1v) is 4.09. The molecule has 0 bridgehead atoms. The molecule has 1 saturated carbocycles. The first-order chi connectivity index (χ1) is 4.84. The Bertz CT molecular complexity index is 93.3. The predicted molar refractivity (Wildman–Crippen MR) is 41.8 cm³/mol. The van der Waals surface area contributed by atoms with E-state index in [0.717, 1.165) is 6.61 Å². The summed E-state index contributed by atoms with van der Waals surface area (Å²) < 4.78 is 5.07. The van der Waals surface area contributed by atoms with Crippen molar-refractivity contribution in [3.05, 3.63) is 0 Å². The minimum atomic E-state index is 0.397. The van der Waals surface area contributed by atoms with Crippen LogP contribution in [-0.4, -0.2) is 19.8 Å². The molecular formula is C8H17NO. The molecular weight excluding hydrogens is 126 g/mol. The van der Waals surface area contributed by atoms with E-state index >= 15 is 0 Å². The molecule has 2 heteroatoms. The van der Waals surface area contributed by atoms with Crippen molar-refractivity contribution in [2.75, 3.05) is 13.7 Å². The lowest BCUT2D eigenvalue weighted by molar-refractivity contribution is 0.119. The Hall–Kier alpha value is -0.0800. The Labute approximate surface area is 62.7 Å². The standard InChI is InChI=1S/C8H17NO/c1-10-6-7-4-2-3-5-8(7)9/h7-8H,2-6,9H2,1H3/t7-,8-/m0/s1. The molecule has 0 aromatic rings. The molecule has 2 nitrogen and oxygen atoms in total. The van der Waals surface area contributed by atoms with Crippen LogP contribution in [0, 0.1) is 5.92 Å². The maximum atomic E-state index is 5.89. The van der Waals surface area contributed by atoms with E-state index in [1.807, 2.05) is 0 Å². The Balaban J connectivity index is 2.25. The van der Waals surface area contributed by atoms with Gasteiger partial charge in [0.1, 0.15) is 0 Å². The van der Waals surface area contributed by atoms with Crippen molar-refractivity contribution in [1.82, 2.24) is 0 Å². The van der Waals surface area contributed by atoms with E-state index in [-0.39, 0.29) is 0 Å². The molecule has 1 rings (SSSR count). The van der Waals surface area contributed by atoms with Crippen molar-refractivity contribution in [1.29, 1.82) is 0 Å². The van der Waals surface area contributed by atoms with E-state index in [1.54, 1.807) is 7.11 Å². The van der Waals surface area contributed by atoms with Gasteiger partial charge in [0.15, 0.2) is 0 Å². The fraction of sp³-hybridized carbons (Fsp3) is 1.00. The molecule has 0 aromatic heterocycles. The molecule has 0 spiro atoms. The van der Waals surface area contributed by atoms with Crippen LogP contribution in [0.5, 0.6) is 0 Å². The first-order valence-electron chi connectivity index (χ1n) is 4.09. The van der Waals surface area contributed by atoms with Crippen LogP contribution in [0.15, 0.2) is 0 Å². The van der Waals surface area contributed by atoms with Crippen LogP contribution in [0.1, 0.15) is 25.7 Å². The number of rotatable bonds is 2. The summed E-state index contributed by atoms with van der Waals surface area (Å²) in [5, 5.41) is 0. The highest BCUT2D eigenvalue weighted by Gasteiger charge is 2.20. The molecule has 0 aromatic carbocycles. The van der Waals surface area contributed by atoms with Crippen LogP contribution in [0.25, 0.3) is 0 Å². The van der Waals surface area contributed by atoms with Crippen LogP contribution >= 0.6 is 0 Å². The highest BCUT2D eigenvalue weighted by Crippen LogP contribution is 2.22. The molecule has 0 amide bonds. The lowest BCUT2D eigenvalue weighted by Crippen LogP contribution is -2.35. The van der Waals surface area contributed by atoms with E-state index in [1.165, 1.54) is 25.7 Å². The smallest absolute Gasteiger partial charge is 0.0505 e. The summed E-state index contributed by atoms with van der Waals surface area (Å²) in [6.45, 7) is 0.848. The fourth-order valence-electron chi connectivity index (χ4n) is 1.66. The summed E-state index contributed by atoms with van der Waals surface area (Å²) in [6.07, 6.45) is 5.09. The second kappa shape index (κ2) is 3.94. The maximum Gasteiger partial charge on any atom is 0.0505 e. The fourth-order valence-corrected chi connectivity index (χ4v) is 1.66. The molecule has 1 aliphatic rings. The highest BCUT2D eigenvalue weighted by molar-refractivity contribution is 4.77. The van der Waals surface area contributed by atoms with Crippen molar-refractivity contribution < 1.29 is 4.74 Å². The van der Waals surface area contributed by atoms with Crippen molar-refractivity contribution in [2.24, 2.45) is 11.7 Å². The van der Waals surface area contributed by atoms with E-state index in [4.69, 9.17) is 10.5 Å². The van der Waals surface area contributed by atoms with Crippen LogP contribution in [-0.2, 0) is 4.74 Å². The summed E-state index contributed by atoms with van der Waals surface area (Å²) in [5.41, 5.74) is 5.89. The summed E-state index contributed by atoms with van der Waals surface area (Å²) >= 11 is 0. The van der Waals surface area contributed by atoms with Gasteiger partial charge in [-0.1, -0.05) is 12.8 Å². The van der Waals surface area contributed by atoms with Crippen LogP contribution < -0.4 is 5.73 Å². The zero-order chi connectivity index (χ0) is 7.40. The monoisotopic (exact) mass is 143 g/mol. The number of hydrogen-bond acceptors (Lipinski definition) is 2. The average Bonchev–Trinajstić information content (AvgIpc) is 1.94. The molecule has 60 valence electrons. The quantitative estimate of drug-likeness (QED) is 0.629. The normalized spacial score (nSPS) is 34.2. The predicted octanol–water partition coefficient (Wildman–Crippen LogP) is 1.15. The molecule has 0 saturated heterocycles. The molecule has 1 aliphatic carbocycles. The summed E-state index contributed by atoms with van der Waals surface area (Å²) in [7, 11) is 1.75. The Kier molecular flexibility index (Phi) is 3.16. The number of ether oxygens (including phenoxy) is 1. The average molecular weight is 143 g/mol. The minimum Gasteiger partial charge on any atom is -0.384 e. The summed E-state index contributed by atoms with van der Waals surface area (Å²) in [5.74, 6) is 0.624. The third-order valence-electron chi connectivity index (χ3n) is 2.35. The van der Waals surface area contributed by atoms with Crippen molar-refractivity contribution in [2.45, 2.75) is 31.7 Å². The molecule has 10 heavy (non-hydrogen) atoms. The molecule has 1 fully saturated rings. The zero-order valence-electron chi connectivity index (χ0n) is 6.68. The minimum absolute atomic E-state index is 0.397. The molecule has 0 radical (unpaired) electrons. The first kappa shape index (κ1) is 8.02. The topological polar surface area (TPSA) is 35.2 Å². The van der Waals surface area contributed by atoms with Crippen LogP contribution in [0.4, 0.5) is 0 Å². The highest BCUT2D eigenvalue weighted by atomic mass is 16.5. The van der Waals surface area contributed by atoms with Crippen LogP contribution in [0.2, 0.25) is 0 Å². The lowest BCUT2D eigenvalue weighted by atomic mass is 9.86. The van der Waals surface area contributed by atoms with E-state index in [0.29, 0.717) is 12.0 Å². The SMILES string of the molecule is COC[C@@H]1CCCC[C@@H]1N. The molecule has 0 heterocycles. The van der Waals surface area contributed by atoms with Gasteiger partial charge in [-0.2, -0.15) is 0 Å². The Morgan fingerprint density at radius 2 is 2.10 bits per heavy atom. The molecule has 2 atom stereocenters. The summed E-state index contributed by atoms with van der Waals surface area (Å²) in [4.78, 5) is 0. The van der Waals surface area contributed by atoms with Crippen molar-refractivity contribution in [3.63, 3.8) is 0 Å². The second-order valence-corrected chi connectivity index (χ2v) is 3.16. The third kappa shape index (κ3) is 1.96. The Morgan fingerprint density at radius 3 is 2.70 bits per heavy atom. The van der Waals surface area contributed by atoms with Gasteiger partial charge in [-0.05, 0) is 18.8 Å². The van der Waals surface area contributed by atoms with Crippen LogP contribution in [0.3, 0.4) is 0 Å². The maximum absolute atomic E-state index is 5.89. The van der Waals surface area contributed by atoms with E-state index in [9.17, 15) is 0 Å². The zero-order valence-corrected chi connectivity index (χ0v) is 6.68. The van der Waals surface area contributed by atoms with Gasteiger partial charge >= 0.3 is 0 Å². The molecule has 2 N–H and O–H groups in total. The van der Waals surface area contributed by atoms with Crippen molar-refractivity contribution >= 4 is 0 Å². The lowest BCUT2D eigenvalue weighted by Gasteiger charge is -2.27.